The highest BCUT2D eigenvalue weighted by Gasteiger charge is 2.04. The predicted molar refractivity (Wildman–Crippen MR) is 73.6 cm³/mol. The Kier molecular flexibility index (Phi) is 4.07. The number of benzene rings is 1. The first-order chi connectivity index (χ1) is 9.20. The molecule has 0 aliphatic rings. The lowest BCUT2D eigenvalue weighted by atomic mass is 10.3. The first-order valence-corrected chi connectivity index (χ1v) is 5.92. The Hall–Kier alpha value is -2.43. The van der Waals surface area contributed by atoms with Crippen LogP contribution in [0.1, 0.15) is 0 Å². The van der Waals surface area contributed by atoms with Crippen LogP contribution in [0.2, 0.25) is 0 Å². The number of nitrogens with two attached hydrogens (primary N) is 1. The maximum Gasteiger partial charge on any atom is 0.250 e. The Balaban J connectivity index is 2.00. The van der Waals surface area contributed by atoms with Crippen molar-refractivity contribution in [2.75, 3.05) is 19.5 Å². The highest BCUT2D eigenvalue weighted by molar-refractivity contribution is 5.51. The average molecular weight is 260 g/mol. The molecule has 0 saturated heterocycles. The molecular weight excluding hydrogens is 244 g/mol. The molecule has 19 heavy (non-hydrogen) atoms. The van der Waals surface area contributed by atoms with Gasteiger partial charge in [-0.15, -0.1) is 0 Å². The van der Waals surface area contributed by atoms with Gasteiger partial charge in [-0.3, -0.25) is 4.79 Å². The van der Waals surface area contributed by atoms with Gasteiger partial charge in [-0.25, -0.2) is 0 Å². The summed E-state index contributed by atoms with van der Waals surface area (Å²) in [6.07, 6.45) is 1.73. The van der Waals surface area contributed by atoms with Gasteiger partial charge in [-0.1, -0.05) is 6.07 Å². The van der Waals surface area contributed by atoms with Crippen LogP contribution in [0.3, 0.4) is 0 Å². The summed E-state index contributed by atoms with van der Waals surface area (Å²) in [5.41, 5.74) is 6.23. The molecule has 1 aromatic carbocycles. The number of aromatic nitrogens is 1. The zero-order valence-electron chi connectivity index (χ0n) is 10.7. The first kappa shape index (κ1) is 13.0. The zero-order chi connectivity index (χ0) is 13.7. The van der Waals surface area contributed by atoms with E-state index in [-0.39, 0.29) is 5.56 Å². The van der Waals surface area contributed by atoms with Gasteiger partial charge in [0, 0.05) is 24.0 Å². The van der Waals surface area contributed by atoms with Gasteiger partial charge < -0.3 is 19.8 Å². The molecule has 0 radical (unpaired) electrons. The minimum absolute atomic E-state index is 0.0460. The molecule has 5 heteroatoms. The lowest BCUT2D eigenvalue weighted by Gasteiger charge is -2.11. The third kappa shape index (κ3) is 3.28. The van der Waals surface area contributed by atoms with E-state index in [0.717, 1.165) is 0 Å². The van der Waals surface area contributed by atoms with Crippen LogP contribution in [0, 0.1) is 0 Å². The Bertz CT molecular complexity index is 608. The second kappa shape index (κ2) is 5.95. The van der Waals surface area contributed by atoms with E-state index in [1.54, 1.807) is 42.1 Å². The Morgan fingerprint density at radius 1 is 1.21 bits per heavy atom. The van der Waals surface area contributed by atoms with Gasteiger partial charge >= 0.3 is 0 Å². The van der Waals surface area contributed by atoms with E-state index in [1.165, 1.54) is 6.07 Å². The van der Waals surface area contributed by atoms with Gasteiger partial charge in [-0.05, 0) is 18.2 Å². The molecule has 0 bridgehead atoms. The van der Waals surface area contributed by atoms with Crippen molar-refractivity contribution in [3.8, 4) is 11.5 Å². The summed E-state index contributed by atoms with van der Waals surface area (Å²) in [7, 11) is 1.56. The molecule has 0 amide bonds. The van der Waals surface area contributed by atoms with Crippen molar-refractivity contribution in [2.45, 2.75) is 6.54 Å². The van der Waals surface area contributed by atoms with Crippen molar-refractivity contribution in [1.29, 1.82) is 0 Å². The number of nitrogen functional groups attached to an aromatic ring is 1. The van der Waals surface area contributed by atoms with Crippen molar-refractivity contribution in [3.05, 3.63) is 52.9 Å². The molecule has 2 N–H and O–H groups in total. The van der Waals surface area contributed by atoms with Crippen molar-refractivity contribution in [1.82, 2.24) is 4.57 Å². The van der Waals surface area contributed by atoms with E-state index in [0.29, 0.717) is 30.3 Å². The van der Waals surface area contributed by atoms with E-state index in [9.17, 15) is 4.79 Å². The van der Waals surface area contributed by atoms with Crippen LogP contribution in [0.4, 0.5) is 5.69 Å². The van der Waals surface area contributed by atoms with Crippen molar-refractivity contribution < 1.29 is 9.47 Å². The second-order valence-electron chi connectivity index (χ2n) is 3.99. The van der Waals surface area contributed by atoms with Crippen LogP contribution >= 0.6 is 0 Å². The van der Waals surface area contributed by atoms with Crippen molar-refractivity contribution in [3.63, 3.8) is 0 Å². The molecule has 100 valence electrons. The normalized spacial score (nSPS) is 10.2. The van der Waals surface area contributed by atoms with E-state index in [2.05, 4.69) is 0 Å². The molecule has 5 nitrogen and oxygen atoms in total. The maximum atomic E-state index is 11.5. The number of anilines is 1. The van der Waals surface area contributed by atoms with Crippen LogP contribution < -0.4 is 20.8 Å². The summed E-state index contributed by atoms with van der Waals surface area (Å²) in [6, 6.07) is 10.2. The molecule has 0 fully saturated rings. The van der Waals surface area contributed by atoms with E-state index in [4.69, 9.17) is 15.2 Å². The summed E-state index contributed by atoms with van der Waals surface area (Å²) < 4.78 is 12.4. The number of pyridine rings is 1. The van der Waals surface area contributed by atoms with E-state index in [1.807, 2.05) is 6.07 Å². The minimum atomic E-state index is -0.0460. The third-order valence-corrected chi connectivity index (χ3v) is 2.68. The SMILES string of the molecule is COc1cc(N)ccc1OCCn1ccccc1=O. The van der Waals surface area contributed by atoms with Crippen LogP contribution in [0.15, 0.2) is 47.4 Å². The van der Waals surface area contributed by atoms with Gasteiger partial charge in [0.1, 0.15) is 6.61 Å². The molecule has 0 unspecified atom stereocenters. The second-order valence-corrected chi connectivity index (χ2v) is 3.99. The highest BCUT2D eigenvalue weighted by atomic mass is 16.5. The van der Waals surface area contributed by atoms with Crippen LogP contribution in [-0.4, -0.2) is 18.3 Å². The average Bonchev–Trinajstić information content (AvgIpc) is 2.42. The van der Waals surface area contributed by atoms with Gasteiger partial charge in [0.15, 0.2) is 11.5 Å². The summed E-state index contributed by atoms with van der Waals surface area (Å²) in [5, 5.41) is 0. The monoisotopic (exact) mass is 260 g/mol. The lowest BCUT2D eigenvalue weighted by Crippen LogP contribution is -2.21. The first-order valence-electron chi connectivity index (χ1n) is 5.92. The number of hydrogen-bond donors (Lipinski definition) is 1. The molecule has 2 rings (SSSR count). The number of nitrogens with zero attached hydrogens (tertiary/aromatic N) is 1. The summed E-state index contributed by atoms with van der Waals surface area (Å²) in [4.78, 5) is 11.5. The van der Waals surface area contributed by atoms with E-state index < -0.39 is 0 Å². The quantitative estimate of drug-likeness (QED) is 0.828. The third-order valence-electron chi connectivity index (χ3n) is 2.68. The summed E-state index contributed by atoms with van der Waals surface area (Å²) in [6.45, 7) is 0.859. The van der Waals surface area contributed by atoms with Crippen LogP contribution in [-0.2, 0) is 6.54 Å². The Labute approximate surface area is 111 Å². The van der Waals surface area contributed by atoms with E-state index >= 15 is 0 Å². The van der Waals surface area contributed by atoms with Crippen molar-refractivity contribution >= 4 is 5.69 Å². The van der Waals surface area contributed by atoms with Crippen LogP contribution in [0.25, 0.3) is 0 Å². The molecule has 0 aliphatic heterocycles. The minimum Gasteiger partial charge on any atom is -0.493 e. The number of methoxy groups -OCH3 is 1. The largest absolute Gasteiger partial charge is 0.493 e. The fourth-order valence-electron chi connectivity index (χ4n) is 1.70. The molecule has 0 saturated carbocycles. The molecule has 1 aromatic heterocycles. The van der Waals surface area contributed by atoms with Gasteiger partial charge in [0.05, 0.1) is 13.7 Å². The number of hydrogen-bond acceptors (Lipinski definition) is 4. The van der Waals surface area contributed by atoms with Crippen LogP contribution in [0.5, 0.6) is 11.5 Å². The predicted octanol–water partition coefficient (Wildman–Crippen LogP) is 1.52. The smallest absolute Gasteiger partial charge is 0.250 e. The van der Waals surface area contributed by atoms with Gasteiger partial charge in [0.2, 0.25) is 0 Å². The fourth-order valence-corrected chi connectivity index (χ4v) is 1.70. The van der Waals surface area contributed by atoms with Gasteiger partial charge in [0.25, 0.3) is 5.56 Å². The fraction of sp³-hybridized carbons (Fsp3) is 0.214. The summed E-state index contributed by atoms with van der Waals surface area (Å²) in [5.74, 6) is 1.20. The molecule has 0 aliphatic carbocycles. The maximum absolute atomic E-state index is 11.5. The lowest BCUT2D eigenvalue weighted by molar-refractivity contribution is 0.278. The molecule has 0 atom stereocenters. The molecule has 2 aromatic rings. The topological polar surface area (TPSA) is 66.5 Å². The molecular formula is C14H16N2O3. The van der Waals surface area contributed by atoms with Crippen molar-refractivity contribution in [2.24, 2.45) is 0 Å². The molecule has 1 heterocycles. The Morgan fingerprint density at radius 2 is 2.05 bits per heavy atom. The van der Waals surface area contributed by atoms with Gasteiger partial charge in [-0.2, -0.15) is 0 Å². The summed E-state index contributed by atoms with van der Waals surface area (Å²) >= 11 is 0. The number of rotatable bonds is 5. The Morgan fingerprint density at radius 3 is 2.79 bits per heavy atom. The standard InChI is InChI=1S/C14H16N2O3/c1-18-13-10-11(15)5-6-12(13)19-9-8-16-7-3-2-4-14(16)17/h2-7,10H,8-9,15H2,1H3. The highest BCUT2D eigenvalue weighted by Crippen LogP contribution is 2.28. The zero-order valence-corrected chi connectivity index (χ0v) is 10.7. The number of ether oxygens (including phenoxy) is 2. The molecule has 0 spiro atoms.